The zero-order valence-corrected chi connectivity index (χ0v) is 13.2. The second-order valence-corrected chi connectivity index (χ2v) is 5.44. The lowest BCUT2D eigenvalue weighted by atomic mass is 10.2. The molecule has 0 saturated heterocycles. The highest BCUT2D eigenvalue weighted by molar-refractivity contribution is 6.32. The van der Waals surface area contributed by atoms with Gasteiger partial charge in [0.1, 0.15) is 5.75 Å². The maximum absolute atomic E-state index is 9.53. The molecule has 0 heterocycles. The van der Waals surface area contributed by atoms with Crippen molar-refractivity contribution < 1.29 is 9.84 Å². The third-order valence-corrected chi connectivity index (χ3v) is 3.57. The molecule has 1 atom stereocenters. The predicted molar refractivity (Wildman–Crippen MR) is 87.9 cm³/mol. The van der Waals surface area contributed by atoms with Crippen molar-refractivity contribution in [2.45, 2.75) is 13.0 Å². The first kappa shape index (κ1) is 16.0. The number of nitrogens with one attached hydrogen (secondary N) is 1. The van der Waals surface area contributed by atoms with Gasteiger partial charge in [0.2, 0.25) is 0 Å². The van der Waals surface area contributed by atoms with Crippen LogP contribution in [0.1, 0.15) is 5.56 Å². The van der Waals surface area contributed by atoms with Crippen molar-refractivity contribution in [2.75, 3.05) is 17.7 Å². The van der Waals surface area contributed by atoms with Gasteiger partial charge in [0.15, 0.2) is 5.75 Å². The van der Waals surface area contributed by atoms with E-state index in [0.717, 1.165) is 5.56 Å². The molecule has 2 rings (SSSR count). The van der Waals surface area contributed by atoms with Crippen LogP contribution in [0.2, 0.25) is 5.02 Å². The van der Waals surface area contributed by atoms with Crippen LogP contribution >= 0.6 is 23.2 Å². The number of rotatable bonds is 6. The average molecular weight is 326 g/mol. The molecule has 21 heavy (non-hydrogen) atoms. The topological polar surface area (TPSA) is 41.5 Å². The molecule has 2 aromatic rings. The van der Waals surface area contributed by atoms with Crippen LogP contribution in [-0.4, -0.2) is 23.6 Å². The molecule has 1 unspecified atom stereocenters. The van der Waals surface area contributed by atoms with E-state index in [9.17, 15) is 5.11 Å². The van der Waals surface area contributed by atoms with Crippen molar-refractivity contribution in [3.05, 3.63) is 53.1 Å². The summed E-state index contributed by atoms with van der Waals surface area (Å²) in [5.74, 6) is 1.40. The van der Waals surface area contributed by atoms with E-state index in [0.29, 0.717) is 28.8 Å². The van der Waals surface area contributed by atoms with Crippen molar-refractivity contribution in [1.82, 2.24) is 0 Å². The van der Waals surface area contributed by atoms with Gasteiger partial charge in [-0.1, -0.05) is 35.4 Å². The highest BCUT2D eigenvalue weighted by Gasteiger charge is 2.11. The Labute approximate surface area is 134 Å². The molecule has 2 aromatic carbocycles. The number of aliphatic hydroxyl groups excluding tert-OH is 1. The first-order chi connectivity index (χ1) is 10.1. The van der Waals surface area contributed by atoms with Gasteiger partial charge in [-0.2, -0.15) is 0 Å². The van der Waals surface area contributed by atoms with Crippen molar-refractivity contribution >= 4 is 28.9 Å². The van der Waals surface area contributed by atoms with Gasteiger partial charge in [0.25, 0.3) is 0 Å². The van der Waals surface area contributed by atoms with Crippen LogP contribution in [0.25, 0.3) is 0 Å². The molecule has 0 saturated carbocycles. The standard InChI is InChI=1S/C16H17Cl2NO2/c1-11-5-7-13(8-6-11)21-16-14(18)3-2-4-15(16)19-10-12(20)9-17/h2-8,12,19-20H,9-10H2,1H3. The molecule has 0 radical (unpaired) electrons. The number of alkyl halides is 1. The van der Waals surface area contributed by atoms with Crippen LogP contribution in [0.15, 0.2) is 42.5 Å². The second kappa shape index (κ2) is 7.55. The van der Waals surface area contributed by atoms with Crippen molar-refractivity contribution in [1.29, 1.82) is 0 Å². The van der Waals surface area contributed by atoms with Crippen molar-refractivity contribution in [3.63, 3.8) is 0 Å². The van der Waals surface area contributed by atoms with Gasteiger partial charge in [0.05, 0.1) is 22.7 Å². The summed E-state index contributed by atoms with van der Waals surface area (Å²) in [4.78, 5) is 0. The summed E-state index contributed by atoms with van der Waals surface area (Å²) >= 11 is 11.8. The van der Waals surface area contributed by atoms with Crippen LogP contribution < -0.4 is 10.1 Å². The number of para-hydroxylation sites is 1. The van der Waals surface area contributed by atoms with Crippen LogP contribution in [0, 0.1) is 6.92 Å². The Bertz CT molecular complexity index is 587. The monoisotopic (exact) mass is 325 g/mol. The highest BCUT2D eigenvalue weighted by atomic mass is 35.5. The Balaban J connectivity index is 2.19. The molecule has 0 aliphatic rings. The number of aryl methyl sites for hydroxylation is 1. The van der Waals surface area contributed by atoms with E-state index in [1.54, 1.807) is 6.07 Å². The zero-order valence-electron chi connectivity index (χ0n) is 11.6. The fourth-order valence-corrected chi connectivity index (χ4v) is 2.08. The first-order valence-electron chi connectivity index (χ1n) is 6.61. The minimum Gasteiger partial charge on any atom is -0.454 e. The third-order valence-electron chi connectivity index (χ3n) is 2.91. The Kier molecular flexibility index (Phi) is 5.74. The van der Waals surface area contributed by atoms with Gasteiger partial charge < -0.3 is 15.2 Å². The minimum atomic E-state index is -0.627. The van der Waals surface area contributed by atoms with Gasteiger partial charge in [-0.15, -0.1) is 11.6 Å². The fraction of sp³-hybridized carbons (Fsp3) is 0.250. The molecular weight excluding hydrogens is 309 g/mol. The summed E-state index contributed by atoms with van der Waals surface area (Å²) in [6.45, 7) is 2.34. The van der Waals surface area contributed by atoms with Gasteiger partial charge in [0, 0.05) is 6.54 Å². The molecule has 5 heteroatoms. The van der Waals surface area contributed by atoms with E-state index in [2.05, 4.69) is 5.32 Å². The number of benzene rings is 2. The summed E-state index contributed by atoms with van der Waals surface area (Å²) in [5.41, 5.74) is 1.87. The Morgan fingerprint density at radius 1 is 1.19 bits per heavy atom. The summed E-state index contributed by atoms with van der Waals surface area (Å²) < 4.78 is 5.85. The lowest BCUT2D eigenvalue weighted by molar-refractivity contribution is 0.211. The normalized spacial score (nSPS) is 12.0. The number of aliphatic hydroxyl groups is 1. The number of hydrogen-bond donors (Lipinski definition) is 2. The first-order valence-corrected chi connectivity index (χ1v) is 7.52. The molecule has 0 bridgehead atoms. The third kappa shape index (κ3) is 4.53. The Morgan fingerprint density at radius 2 is 1.90 bits per heavy atom. The fourth-order valence-electron chi connectivity index (χ4n) is 1.76. The van der Waals surface area contributed by atoms with Crippen LogP contribution in [0.5, 0.6) is 11.5 Å². The Morgan fingerprint density at radius 3 is 2.57 bits per heavy atom. The summed E-state index contributed by atoms with van der Waals surface area (Å²) in [6, 6.07) is 13.1. The SMILES string of the molecule is Cc1ccc(Oc2c(Cl)cccc2NCC(O)CCl)cc1. The number of hydrogen-bond acceptors (Lipinski definition) is 3. The number of ether oxygens (including phenoxy) is 1. The van der Waals surface area contributed by atoms with Crippen molar-refractivity contribution in [2.24, 2.45) is 0 Å². The molecule has 0 fully saturated rings. The van der Waals surface area contributed by atoms with Crippen LogP contribution in [0.3, 0.4) is 0 Å². The molecule has 0 aliphatic carbocycles. The summed E-state index contributed by atoms with van der Waals surface area (Å²) in [7, 11) is 0. The lowest BCUT2D eigenvalue weighted by Crippen LogP contribution is -2.20. The summed E-state index contributed by atoms with van der Waals surface area (Å²) in [5, 5.41) is 13.1. The molecule has 3 nitrogen and oxygen atoms in total. The quantitative estimate of drug-likeness (QED) is 0.771. The molecule has 0 aliphatic heterocycles. The van der Waals surface area contributed by atoms with Gasteiger partial charge >= 0.3 is 0 Å². The molecule has 0 amide bonds. The number of anilines is 1. The second-order valence-electron chi connectivity index (χ2n) is 4.72. The lowest BCUT2D eigenvalue weighted by Gasteiger charge is -2.16. The van der Waals surface area contributed by atoms with Gasteiger partial charge in [-0.3, -0.25) is 0 Å². The van der Waals surface area contributed by atoms with E-state index in [1.165, 1.54) is 0 Å². The number of halogens is 2. The molecule has 2 N–H and O–H groups in total. The smallest absolute Gasteiger partial charge is 0.169 e. The van der Waals surface area contributed by atoms with E-state index in [1.807, 2.05) is 43.3 Å². The molecular formula is C16H17Cl2NO2. The Hall–Kier alpha value is -1.42. The van der Waals surface area contributed by atoms with Crippen molar-refractivity contribution in [3.8, 4) is 11.5 Å². The maximum atomic E-state index is 9.53. The molecule has 112 valence electrons. The van der Waals surface area contributed by atoms with E-state index >= 15 is 0 Å². The average Bonchev–Trinajstić information content (AvgIpc) is 2.49. The van der Waals surface area contributed by atoms with Crippen LogP contribution in [0.4, 0.5) is 5.69 Å². The highest BCUT2D eigenvalue weighted by Crippen LogP contribution is 2.36. The maximum Gasteiger partial charge on any atom is 0.169 e. The van der Waals surface area contributed by atoms with E-state index in [4.69, 9.17) is 27.9 Å². The zero-order chi connectivity index (χ0) is 15.2. The van der Waals surface area contributed by atoms with Gasteiger partial charge in [-0.25, -0.2) is 0 Å². The largest absolute Gasteiger partial charge is 0.454 e. The van der Waals surface area contributed by atoms with E-state index < -0.39 is 6.10 Å². The molecule has 0 spiro atoms. The minimum absolute atomic E-state index is 0.168. The van der Waals surface area contributed by atoms with Gasteiger partial charge in [-0.05, 0) is 31.2 Å². The predicted octanol–water partition coefficient (Wildman–Crippen LogP) is 4.45. The summed E-state index contributed by atoms with van der Waals surface area (Å²) in [6.07, 6.45) is -0.627. The van der Waals surface area contributed by atoms with Crippen LogP contribution in [-0.2, 0) is 0 Å². The molecule has 0 aromatic heterocycles. The van der Waals surface area contributed by atoms with E-state index in [-0.39, 0.29) is 5.88 Å².